The standard InChI is InChI=1S/C28H31N3O3/c32-26-10-6-7-21-19-25(29-27(21)26)23-8-2-3-9-24(23)30-28(33)20-11-13-22(14-12-20)34-18-17-31-15-4-1-5-16-31/h2-3,8-9,11-14,19,29H,1,4-7,10,15-18H2,(H,30,33). The fourth-order valence-electron chi connectivity index (χ4n) is 4.85. The number of Topliss-reactive ketones (excluding diaryl/α,β-unsaturated/α-hetero) is 1. The number of aromatic amines is 1. The number of ketones is 1. The summed E-state index contributed by atoms with van der Waals surface area (Å²) in [5.41, 5.74) is 4.77. The molecule has 0 unspecified atom stereocenters. The molecule has 1 aromatic heterocycles. The molecule has 1 fully saturated rings. The Kier molecular flexibility index (Phi) is 6.77. The van der Waals surface area contributed by atoms with E-state index in [1.54, 1.807) is 12.1 Å². The number of carbonyl (C=O) groups is 2. The Labute approximate surface area is 200 Å². The van der Waals surface area contributed by atoms with E-state index in [4.69, 9.17) is 4.74 Å². The van der Waals surface area contributed by atoms with Crippen molar-refractivity contribution in [3.8, 4) is 17.0 Å². The topological polar surface area (TPSA) is 74.4 Å². The van der Waals surface area contributed by atoms with Gasteiger partial charge in [0.25, 0.3) is 5.91 Å². The van der Waals surface area contributed by atoms with Crippen molar-refractivity contribution >= 4 is 17.4 Å². The number of fused-ring (bicyclic) bond motifs is 1. The third kappa shape index (κ3) is 5.07. The van der Waals surface area contributed by atoms with Gasteiger partial charge in [0.2, 0.25) is 0 Å². The van der Waals surface area contributed by atoms with Gasteiger partial charge in [0.15, 0.2) is 5.78 Å². The summed E-state index contributed by atoms with van der Waals surface area (Å²) >= 11 is 0. The van der Waals surface area contributed by atoms with E-state index in [0.29, 0.717) is 30.0 Å². The number of aryl methyl sites for hydroxylation is 1. The zero-order valence-corrected chi connectivity index (χ0v) is 19.4. The van der Waals surface area contributed by atoms with Gasteiger partial charge in [0.05, 0.1) is 11.4 Å². The van der Waals surface area contributed by atoms with E-state index in [9.17, 15) is 9.59 Å². The first-order chi connectivity index (χ1) is 16.7. The Balaban J connectivity index is 1.23. The number of anilines is 1. The van der Waals surface area contributed by atoms with Crippen LogP contribution in [0.1, 0.15) is 58.5 Å². The molecule has 5 rings (SSSR count). The second-order valence-corrected chi connectivity index (χ2v) is 9.13. The van der Waals surface area contributed by atoms with Crippen molar-refractivity contribution in [1.82, 2.24) is 9.88 Å². The predicted molar refractivity (Wildman–Crippen MR) is 134 cm³/mol. The van der Waals surface area contributed by atoms with Gasteiger partial charge < -0.3 is 15.0 Å². The van der Waals surface area contributed by atoms with Crippen molar-refractivity contribution in [2.45, 2.75) is 38.5 Å². The number of hydrogen-bond acceptors (Lipinski definition) is 4. The molecule has 0 radical (unpaired) electrons. The molecule has 3 aromatic rings. The predicted octanol–water partition coefficient (Wildman–Crippen LogP) is 5.32. The normalized spacial score (nSPS) is 16.2. The highest BCUT2D eigenvalue weighted by atomic mass is 16.5. The maximum atomic E-state index is 13.0. The summed E-state index contributed by atoms with van der Waals surface area (Å²) in [6.45, 7) is 3.91. The van der Waals surface area contributed by atoms with Crippen LogP contribution in [0.3, 0.4) is 0 Å². The lowest BCUT2D eigenvalue weighted by molar-refractivity contribution is 0.0967. The smallest absolute Gasteiger partial charge is 0.255 e. The molecular weight excluding hydrogens is 426 g/mol. The quantitative estimate of drug-likeness (QED) is 0.504. The SMILES string of the molecule is O=C(Nc1ccccc1-c1cc2c([nH]1)C(=O)CCC2)c1ccc(OCCN2CCCCC2)cc1. The number of para-hydroxylation sites is 1. The minimum atomic E-state index is -0.181. The summed E-state index contributed by atoms with van der Waals surface area (Å²) in [4.78, 5) is 30.9. The molecule has 0 bridgehead atoms. The summed E-state index contributed by atoms with van der Waals surface area (Å²) in [7, 11) is 0. The molecule has 6 heteroatoms. The van der Waals surface area contributed by atoms with Crippen molar-refractivity contribution in [2.24, 2.45) is 0 Å². The van der Waals surface area contributed by atoms with Crippen LogP contribution in [0.25, 0.3) is 11.3 Å². The van der Waals surface area contributed by atoms with Gasteiger partial charge in [-0.2, -0.15) is 0 Å². The zero-order chi connectivity index (χ0) is 23.3. The average Bonchev–Trinajstić information content (AvgIpc) is 3.31. The minimum absolute atomic E-state index is 0.159. The maximum absolute atomic E-state index is 13.0. The third-order valence-electron chi connectivity index (χ3n) is 6.74. The zero-order valence-electron chi connectivity index (χ0n) is 19.4. The summed E-state index contributed by atoms with van der Waals surface area (Å²) in [5, 5.41) is 3.03. The summed E-state index contributed by atoms with van der Waals surface area (Å²) < 4.78 is 5.88. The van der Waals surface area contributed by atoms with E-state index in [-0.39, 0.29) is 11.7 Å². The Hall–Kier alpha value is -3.38. The van der Waals surface area contributed by atoms with Gasteiger partial charge in [-0.15, -0.1) is 0 Å². The van der Waals surface area contributed by atoms with Gasteiger partial charge in [-0.3, -0.25) is 14.5 Å². The van der Waals surface area contributed by atoms with E-state index in [2.05, 4.69) is 15.2 Å². The number of rotatable bonds is 7. The van der Waals surface area contributed by atoms with Crippen LogP contribution in [0, 0.1) is 0 Å². The maximum Gasteiger partial charge on any atom is 0.255 e. The summed E-state index contributed by atoms with van der Waals surface area (Å²) in [5.74, 6) is 0.752. The van der Waals surface area contributed by atoms with Crippen LogP contribution in [0.5, 0.6) is 5.75 Å². The monoisotopic (exact) mass is 457 g/mol. The number of ether oxygens (including phenoxy) is 1. The number of nitrogens with zero attached hydrogens (tertiary/aromatic N) is 1. The van der Waals surface area contributed by atoms with Gasteiger partial charge in [0, 0.05) is 29.8 Å². The van der Waals surface area contributed by atoms with E-state index in [1.165, 1.54) is 19.3 Å². The summed E-state index contributed by atoms with van der Waals surface area (Å²) in [6, 6.07) is 17.0. The van der Waals surface area contributed by atoms with Crippen molar-refractivity contribution in [3.63, 3.8) is 0 Å². The lowest BCUT2D eigenvalue weighted by Gasteiger charge is -2.26. The molecule has 1 amide bonds. The lowest BCUT2D eigenvalue weighted by atomic mass is 9.97. The first-order valence-electron chi connectivity index (χ1n) is 12.3. The average molecular weight is 458 g/mol. The molecule has 1 saturated heterocycles. The van der Waals surface area contributed by atoms with Crippen LogP contribution in [-0.2, 0) is 6.42 Å². The van der Waals surface area contributed by atoms with Crippen LogP contribution < -0.4 is 10.1 Å². The number of aromatic nitrogens is 1. The first kappa shape index (κ1) is 22.4. The van der Waals surface area contributed by atoms with Gasteiger partial charge in [0.1, 0.15) is 12.4 Å². The highest BCUT2D eigenvalue weighted by Gasteiger charge is 2.21. The van der Waals surface area contributed by atoms with E-state index in [0.717, 1.165) is 55.0 Å². The molecule has 0 spiro atoms. The van der Waals surface area contributed by atoms with E-state index >= 15 is 0 Å². The fourth-order valence-corrected chi connectivity index (χ4v) is 4.85. The molecule has 0 atom stereocenters. The summed E-state index contributed by atoms with van der Waals surface area (Å²) in [6.07, 6.45) is 6.26. The number of hydrogen-bond donors (Lipinski definition) is 2. The molecule has 2 N–H and O–H groups in total. The van der Waals surface area contributed by atoms with Crippen molar-refractivity contribution < 1.29 is 14.3 Å². The molecule has 34 heavy (non-hydrogen) atoms. The Bertz CT molecular complexity index is 1160. The molecular formula is C28H31N3O3. The van der Waals surface area contributed by atoms with Gasteiger partial charge >= 0.3 is 0 Å². The van der Waals surface area contributed by atoms with Gasteiger partial charge in [-0.05, 0) is 80.7 Å². The van der Waals surface area contributed by atoms with Crippen LogP contribution in [0.4, 0.5) is 5.69 Å². The van der Waals surface area contributed by atoms with Crippen LogP contribution in [-0.4, -0.2) is 47.8 Å². The fraction of sp³-hybridized carbons (Fsp3) is 0.357. The van der Waals surface area contributed by atoms with E-state index in [1.807, 2.05) is 42.5 Å². The van der Waals surface area contributed by atoms with Gasteiger partial charge in [-0.25, -0.2) is 0 Å². The number of benzene rings is 2. The number of piperidine rings is 1. The Morgan fingerprint density at radius 3 is 2.56 bits per heavy atom. The first-order valence-corrected chi connectivity index (χ1v) is 12.3. The molecule has 0 saturated carbocycles. The number of amides is 1. The van der Waals surface area contributed by atoms with Gasteiger partial charge in [-0.1, -0.05) is 24.6 Å². The molecule has 2 heterocycles. The minimum Gasteiger partial charge on any atom is -0.492 e. The number of H-pyrrole nitrogens is 1. The second kappa shape index (κ2) is 10.3. The second-order valence-electron chi connectivity index (χ2n) is 9.13. The van der Waals surface area contributed by atoms with Crippen LogP contribution >= 0.6 is 0 Å². The molecule has 1 aliphatic carbocycles. The van der Waals surface area contributed by atoms with Crippen molar-refractivity contribution in [3.05, 3.63) is 71.4 Å². The van der Waals surface area contributed by atoms with Crippen molar-refractivity contribution in [2.75, 3.05) is 31.6 Å². The largest absolute Gasteiger partial charge is 0.492 e. The number of nitrogens with one attached hydrogen (secondary N) is 2. The Morgan fingerprint density at radius 1 is 0.971 bits per heavy atom. The molecule has 1 aliphatic heterocycles. The lowest BCUT2D eigenvalue weighted by Crippen LogP contribution is -2.33. The highest BCUT2D eigenvalue weighted by Crippen LogP contribution is 2.32. The molecule has 6 nitrogen and oxygen atoms in total. The van der Waals surface area contributed by atoms with E-state index < -0.39 is 0 Å². The Morgan fingerprint density at radius 2 is 1.76 bits per heavy atom. The third-order valence-corrected chi connectivity index (χ3v) is 6.74. The molecule has 2 aromatic carbocycles. The number of carbonyl (C=O) groups excluding carboxylic acids is 2. The highest BCUT2D eigenvalue weighted by molar-refractivity contribution is 6.06. The van der Waals surface area contributed by atoms with Crippen LogP contribution in [0.2, 0.25) is 0 Å². The molecule has 2 aliphatic rings. The number of likely N-dealkylation sites (tertiary alicyclic amines) is 1. The molecule has 176 valence electrons. The van der Waals surface area contributed by atoms with Crippen LogP contribution in [0.15, 0.2) is 54.6 Å². The van der Waals surface area contributed by atoms with Crippen molar-refractivity contribution in [1.29, 1.82) is 0 Å².